The predicted octanol–water partition coefficient (Wildman–Crippen LogP) is 4.07. The highest BCUT2D eigenvalue weighted by Crippen LogP contribution is 2.28. The van der Waals surface area contributed by atoms with Gasteiger partial charge in [-0.3, -0.25) is 14.9 Å². The molecule has 1 aromatic heterocycles. The van der Waals surface area contributed by atoms with Crippen molar-refractivity contribution in [2.75, 3.05) is 5.32 Å². The summed E-state index contributed by atoms with van der Waals surface area (Å²) in [7, 11) is 0. The molecule has 0 aliphatic rings. The summed E-state index contributed by atoms with van der Waals surface area (Å²) in [5, 5.41) is 21.2. The SMILES string of the molecule is Cc1ccc(NC(=O)[C@H](C)Sc2nnc(-c3cccc([N+](=O)[O-])c3)o2)cc1. The number of hydrogen-bond acceptors (Lipinski definition) is 7. The average molecular weight is 384 g/mol. The highest BCUT2D eigenvalue weighted by molar-refractivity contribution is 8.00. The second-order valence-electron chi connectivity index (χ2n) is 5.80. The van der Waals surface area contributed by atoms with Crippen molar-refractivity contribution in [2.24, 2.45) is 0 Å². The number of rotatable bonds is 6. The molecular formula is C18H16N4O4S. The van der Waals surface area contributed by atoms with Gasteiger partial charge in [0.1, 0.15) is 0 Å². The predicted molar refractivity (Wildman–Crippen MR) is 102 cm³/mol. The lowest BCUT2D eigenvalue weighted by Crippen LogP contribution is -2.22. The number of carbonyl (C=O) groups excluding carboxylic acids is 1. The number of nitrogens with one attached hydrogen (secondary N) is 1. The van der Waals surface area contributed by atoms with E-state index in [-0.39, 0.29) is 22.7 Å². The maximum atomic E-state index is 12.3. The zero-order valence-corrected chi connectivity index (χ0v) is 15.4. The molecule has 1 heterocycles. The van der Waals surface area contributed by atoms with E-state index >= 15 is 0 Å². The van der Waals surface area contributed by atoms with Crippen LogP contribution in [0.1, 0.15) is 12.5 Å². The second kappa shape index (κ2) is 8.00. The summed E-state index contributed by atoms with van der Waals surface area (Å²) in [5.41, 5.74) is 2.20. The van der Waals surface area contributed by atoms with Crippen molar-refractivity contribution >= 4 is 29.0 Å². The third-order valence-corrected chi connectivity index (χ3v) is 4.61. The molecule has 0 fully saturated rings. The van der Waals surface area contributed by atoms with Crippen LogP contribution in [0.5, 0.6) is 0 Å². The zero-order chi connectivity index (χ0) is 19.4. The van der Waals surface area contributed by atoms with Crippen LogP contribution in [-0.4, -0.2) is 26.3 Å². The molecule has 0 radical (unpaired) electrons. The third-order valence-electron chi connectivity index (χ3n) is 3.68. The molecule has 1 N–H and O–H groups in total. The maximum absolute atomic E-state index is 12.3. The quantitative estimate of drug-likeness (QED) is 0.387. The molecule has 3 aromatic rings. The topological polar surface area (TPSA) is 111 Å². The Balaban J connectivity index is 1.66. The van der Waals surface area contributed by atoms with Gasteiger partial charge >= 0.3 is 0 Å². The van der Waals surface area contributed by atoms with Crippen molar-refractivity contribution in [3.05, 3.63) is 64.2 Å². The maximum Gasteiger partial charge on any atom is 0.277 e. The largest absolute Gasteiger partial charge is 0.411 e. The lowest BCUT2D eigenvalue weighted by Gasteiger charge is -2.10. The molecule has 9 heteroatoms. The zero-order valence-electron chi connectivity index (χ0n) is 14.6. The molecule has 1 atom stereocenters. The first-order valence-electron chi connectivity index (χ1n) is 8.05. The number of amides is 1. The second-order valence-corrected chi connectivity index (χ2v) is 7.09. The first-order chi connectivity index (χ1) is 12.9. The van der Waals surface area contributed by atoms with Crippen LogP contribution < -0.4 is 5.32 Å². The van der Waals surface area contributed by atoms with E-state index in [1.165, 1.54) is 12.1 Å². The number of hydrogen-bond donors (Lipinski definition) is 1. The van der Waals surface area contributed by atoms with E-state index < -0.39 is 10.2 Å². The summed E-state index contributed by atoms with van der Waals surface area (Å²) < 4.78 is 5.53. The Morgan fingerprint density at radius 1 is 1.22 bits per heavy atom. The number of anilines is 1. The van der Waals surface area contributed by atoms with Gasteiger partial charge in [-0.15, -0.1) is 10.2 Å². The van der Waals surface area contributed by atoms with Gasteiger partial charge in [0.25, 0.3) is 10.9 Å². The van der Waals surface area contributed by atoms with E-state index in [0.717, 1.165) is 17.3 Å². The van der Waals surface area contributed by atoms with Crippen molar-refractivity contribution in [3.63, 3.8) is 0 Å². The van der Waals surface area contributed by atoms with Gasteiger partial charge in [-0.2, -0.15) is 0 Å². The fraction of sp³-hybridized carbons (Fsp3) is 0.167. The van der Waals surface area contributed by atoms with Gasteiger partial charge in [0.15, 0.2) is 0 Å². The monoisotopic (exact) mass is 384 g/mol. The highest BCUT2D eigenvalue weighted by atomic mass is 32.2. The number of thioether (sulfide) groups is 1. The van der Waals surface area contributed by atoms with Crippen molar-refractivity contribution in [3.8, 4) is 11.5 Å². The minimum absolute atomic E-state index is 0.0641. The van der Waals surface area contributed by atoms with Gasteiger partial charge in [0, 0.05) is 23.4 Å². The van der Waals surface area contributed by atoms with Crippen molar-refractivity contribution < 1.29 is 14.1 Å². The molecular weight excluding hydrogens is 368 g/mol. The van der Waals surface area contributed by atoms with E-state index in [0.29, 0.717) is 11.3 Å². The number of nitro groups is 1. The number of aryl methyl sites for hydroxylation is 1. The third kappa shape index (κ3) is 4.70. The Bertz CT molecular complexity index is 972. The summed E-state index contributed by atoms with van der Waals surface area (Å²) in [6.45, 7) is 3.70. The van der Waals surface area contributed by atoms with Gasteiger partial charge in [-0.05, 0) is 32.0 Å². The Hall–Kier alpha value is -3.20. The van der Waals surface area contributed by atoms with Crippen molar-refractivity contribution in [2.45, 2.75) is 24.3 Å². The number of nitro benzene ring substituents is 1. The van der Waals surface area contributed by atoms with E-state index in [2.05, 4.69) is 15.5 Å². The normalized spacial score (nSPS) is 11.8. The van der Waals surface area contributed by atoms with Gasteiger partial charge in [0.05, 0.1) is 10.2 Å². The summed E-state index contributed by atoms with van der Waals surface area (Å²) in [5.74, 6) is -0.0358. The fourth-order valence-electron chi connectivity index (χ4n) is 2.21. The Labute approximate surface area is 159 Å². The molecule has 0 spiro atoms. The molecule has 3 rings (SSSR count). The van der Waals surface area contributed by atoms with Crippen molar-refractivity contribution in [1.82, 2.24) is 10.2 Å². The lowest BCUT2D eigenvalue weighted by molar-refractivity contribution is -0.384. The number of nitrogens with zero attached hydrogens (tertiary/aromatic N) is 3. The number of carbonyl (C=O) groups is 1. The highest BCUT2D eigenvalue weighted by Gasteiger charge is 2.19. The van der Waals surface area contributed by atoms with Gasteiger partial charge in [-0.1, -0.05) is 35.5 Å². The number of non-ortho nitro benzene ring substituents is 1. The summed E-state index contributed by atoms with van der Waals surface area (Å²) in [4.78, 5) is 22.7. The molecule has 0 aliphatic carbocycles. The van der Waals surface area contributed by atoms with Gasteiger partial charge < -0.3 is 9.73 Å². The van der Waals surface area contributed by atoms with Gasteiger partial charge in [0.2, 0.25) is 11.8 Å². The first-order valence-corrected chi connectivity index (χ1v) is 8.93. The van der Waals surface area contributed by atoms with Gasteiger partial charge in [-0.25, -0.2) is 0 Å². The van der Waals surface area contributed by atoms with E-state index in [4.69, 9.17) is 4.42 Å². The average Bonchev–Trinajstić information content (AvgIpc) is 3.12. The molecule has 2 aromatic carbocycles. The summed E-state index contributed by atoms with van der Waals surface area (Å²) in [6.07, 6.45) is 0. The smallest absolute Gasteiger partial charge is 0.277 e. The van der Waals surface area contributed by atoms with Crippen LogP contribution >= 0.6 is 11.8 Å². The summed E-state index contributed by atoms with van der Waals surface area (Å²) >= 11 is 1.11. The number of benzene rings is 2. The van der Waals surface area contributed by atoms with Crippen LogP contribution in [0.15, 0.2) is 58.2 Å². The van der Waals surface area contributed by atoms with Crippen LogP contribution in [0.3, 0.4) is 0 Å². The lowest BCUT2D eigenvalue weighted by atomic mass is 10.2. The molecule has 0 unspecified atom stereocenters. The van der Waals surface area contributed by atoms with E-state index in [1.807, 2.05) is 31.2 Å². The Morgan fingerprint density at radius 2 is 1.96 bits per heavy atom. The molecule has 0 saturated heterocycles. The minimum atomic E-state index is -0.493. The molecule has 138 valence electrons. The molecule has 27 heavy (non-hydrogen) atoms. The molecule has 0 bridgehead atoms. The van der Waals surface area contributed by atoms with E-state index in [1.54, 1.807) is 19.1 Å². The summed E-state index contributed by atoms with van der Waals surface area (Å²) in [6, 6.07) is 13.4. The van der Waals surface area contributed by atoms with Crippen LogP contribution in [0.2, 0.25) is 0 Å². The molecule has 0 saturated carbocycles. The van der Waals surface area contributed by atoms with Crippen molar-refractivity contribution in [1.29, 1.82) is 0 Å². The fourth-order valence-corrected chi connectivity index (χ4v) is 2.90. The van der Waals surface area contributed by atoms with Crippen LogP contribution in [0.25, 0.3) is 11.5 Å². The van der Waals surface area contributed by atoms with E-state index in [9.17, 15) is 14.9 Å². The minimum Gasteiger partial charge on any atom is -0.411 e. The van der Waals surface area contributed by atoms with Crippen LogP contribution in [-0.2, 0) is 4.79 Å². The Kier molecular flexibility index (Phi) is 5.51. The Morgan fingerprint density at radius 3 is 2.67 bits per heavy atom. The standard InChI is InChI=1S/C18H16N4O4S/c1-11-6-8-14(9-7-11)19-16(23)12(2)27-18-21-20-17(26-18)13-4-3-5-15(10-13)22(24)25/h3-10,12H,1-2H3,(H,19,23)/t12-/m0/s1. The van der Waals surface area contributed by atoms with Crippen LogP contribution in [0, 0.1) is 17.0 Å². The first kappa shape index (κ1) is 18.6. The van der Waals surface area contributed by atoms with Crippen LogP contribution in [0.4, 0.5) is 11.4 Å². The molecule has 8 nitrogen and oxygen atoms in total. The molecule has 1 amide bonds. The molecule has 0 aliphatic heterocycles. The number of aromatic nitrogens is 2.